The Labute approximate surface area is 146 Å². The van der Waals surface area contributed by atoms with Crippen molar-refractivity contribution in [3.63, 3.8) is 0 Å². The molecule has 0 spiro atoms. The molecule has 2 rings (SSSR count). The molecule has 0 aliphatic heterocycles. The van der Waals surface area contributed by atoms with Crippen LogP contribution in [0.1, 0.15) is 20.7 Å². The largest absolute Gasteiger partial charge is 0.496 e. The smallest absolute Gasteiger partial charge is 0.341 e. The SMILES string of the molecule is COc1ccc(C(=O)COC(=O)c2cccnc2SC)cc1Br. The van der Waals surface area contributed by atoms with Crippen molar-refractivity contribution in [2.75, 3.05) is 20.0 Å². The van der Waals surface area contributed by atoms with Gasteiger partial charge in [-0.15, -0.1) is 11.8 Å². The number of thioether (sulfide) groups is 1. The topological polar surface area (TPSA) is 65.5 Å². The summed E-state index contributed by atoms with van der Waals surface area (Å²) in [5, 5.41) is 0.567. The van der Waals surface area contributed by atoms with Gasteiger partial charge >= 0.3 is 5.97 Å². The first-order chi connectivity index (χ1) is 11.1. The minimum atomic E-state index is -0.566. The first-order valence-electron chi connectivity index (χ1n) is 6.59. The highest BCUT2D eigenvalue weighted by Crippen LogP contribution is 2.25. The Morgan fingerprint density at radius 2 is 2.09 bits per heavy atom. The van der Waals surface area contributed by atoms with E-state index in [1.54, 1.807) is 43.6 Å². The number of benzene rings is 1. The molecule has 0 saturated carbocycles. The van der Waals surface area contributed by atoms with Crippen LogP contribution in [0, 0.1) is 0 Å². The van der Waals surface area contributed by atoms with Gasteiger partial charge in [0.05, 0.1) is 17.1 Å². The Morgan fingerprint density at radius 1 is 1.30 bits per heavy atom. The molecule has 1 aromatic carbocycles. The van der Waals surface area contributed by atoms with E-state index in [0.29, 0.717) is 26.4 Å². The molecule has 120 valence electrons. The Morgan fingerprint density at radius 3 is 2.74 bits per heavy atom. The van der Waals surface area contributed by atoms with Gasteiger partial charge in [-0.05, 0) is 52.5 Å². The van der Waals surface area contributed by atoms with E-state index in [4.69, 9.17) is 9.47 Å². The Hall–Kier alpha value is -1.86. The summed E-state index contributed by atoms with van der Waals surface area (Å²) in [6.07, 6.45) is 3.42. The molecule has 23 heavy (non-hydrogen) atoms. The second-order valence-electron chi connectivity index (χ2n) is 4.41. The monoisotopic (exact) mass is 395 g/mol. The third-order valence-electron chi connectivity index (χ3n) is 2.99. The van der Waals surface area contributed by atoms with Gasteiger partial charge in [-0.25, -0.2) is 9.78 Å². The third kappa shape index (κ3) is 4.33. The van der Waals surface area contributed by atoms with Crippen LogP contribution in [0.4, 0.5) is 0 Å². The number of methoxy groups -OCH3 is 1. The lowest BCUT2D eigenvalue weighted by atomic mass is 10.1. The molecule has 0 atom stereocenters. The van der Waals surface area contributed by atoms with E-state index in [1.165, 1.54) is 11.8 Å². The summed E-state index contributed by atoms with van der Waals surface area (Å²) in [5.41, 5.74) is 0.783. The van der Waals surface area contributed by atoms with E-state index >= 15 is 0 Å². The normalized spacial score (nSPS) is 10.2. The molecule has 0 radical (unpaired) electrons. The van der Waals surface area contributed by atoms with Gasteiger partial charge in [0.2, 0.25) is 0 Å². The van der Waals surface area contributed by atoms with Crippen molar-refractivity contribution in [2.45, 2.75) is 5.03 Å². The minimum absolute atomic E-state index is 0.295. The molecule has 0 saturated heterocycles. The zero-order valence-corrected chi connectivity index (χ0v) is 14.9. The van der Waals surface area contributed by atoms with E-state index in [1.807, 2.05) is 6.26 Å². The third-order valence-corrected chi connectivity index (χ3v) is 4.32. The molecule has 0 amide bonds. The standard InChI is InChI=1S/C16H14BrNO4S/c1-21-14-6-5-10(8-12(14)17)13(19)9-22-16(20)11-4-3-7-18-15(11)23-2/h3-8H,9H2,1-2H3. The number of nitrogens with zero attached hydrogens (tertiary/aromatic N) is 1. The number of hydrogen-bond acceptors (Lipinski definition) is 6. The summed E-state index contributed by atoms with van der Waals surface area (Å²) >= 11 is 4.66. The number of carbonyl (C=O) groups is 2. The number of hydrogen-bond donors (Lipinski definition) is 0. The van der Waals surface area contributed by atoms with Crippen LogP contribution in [0.15, 0.2) is 46.0 Å². The van der Waals surface area contributed by atoms with Crippen LogP contribution in [0.25, 0.3) is 0 Å². The Bertz CT molecular complexity index is 736. The lowest BCUT2D eigenvalue weighted by Crippen LogP contribution is -2.15. The van der Waals surface area contributed by atoms with Crippen LogP contribution in [0.3, 0.4) is 0 Å². The molecular formula is C16H14BrNO4S. The molecule has 0 aliphatic carbocycles. The predicted molar refractivity (Wildman–Crippen MR) is 91.3 cm³/mol. The van der Waals surface area contributed by atoms with E-state index in [2.05, 4.69) is 20.9 Å². The molecule has 0 N–H and O–H groups in total. The number of esters is 1. The second kappa shape index (κ2) is 8.12. The molecule has 1 aromatic heterocycles. The van der Waals surface area contributed by atoms with Crippen LogP contribution >= 0.6 is 27.7 Å². The van der Waals surface area contributed by atoms with Gasteiger partial charge in [-0.2, -0.15) is 0 Å². The molecule has 0 fully saturated rings. The number of carbonyl (C=O) groups excluding carboxylic acids is 2. The molecule has 2 aromatic rings. The van der Waals surface area contributed by atoms with Crippen molar-refractivity contribution in [1.29, 1.82) is 0 Å². The lowest BCUT2D eigenvalue weighted by Gasteiger charge is -2.08. The second-order valence-corrected chi connectivity index (χ2v) is 6.06. The number of ketones is 1. The summed E-state index contributed by atoms with van der Waals surface area (Å²) in [6, 6.07) is 8.20. The summed E-state index contributed by atoms with van der Waals surface area (Å²) in [7, 11) is 1.54. The first-order valence-corrected chi connectivity index (χ1v) is 8.61. The van der Waals surface area contributed by atoms with E-state index < -0.39 is 5.97 Å². The van der Waals surface area contributed by atoms with Gasteiger partial charge in [-0.3, -0.25) is 4.79 Å². The fraction of sp³-hybridized carbons (Fsp3) is 0.188. The van der Waals surface area contributed by atoms with Crippen molar-refractivity contribution in [2.24, 2.45) is 0 Å². The fourth-order valence-corrected chi connectivity index (χ4v) is 2.92. The van der Waals surface area contributed by atoms with E-state index in [0.717, 1.165) is 0 Å². The van der Waals surface area contributed by atoms with Crippen molar-refractivity contribution < 1.29 is 19.1 Å². The highest BCUT2D eigenvalue weighted by atomic mass is 79.9. The Balaban J connectivity index is 2.04. The molecule has 5 nitrogen and oxygen atoms in total. The summed E-state index contributed by atoms with van der Waals surface area (Å²) in [4.78, 5) is 28.3. The average molecular weight is 396 g/mol. The predicted octanol–water partition coefficient (Wildman–Crippen LogP) is 3.61. The van der Waals surface area contributed by atoms with Crippen molar-refractivity contribution in [3.05, 3.63) is 52.1 Å². The van der Waals surface area contributed by atoms with Crippen molar-refractivity contribution >= 4 is 39.4 Å². The molecule has 0 bridgehead atoms. The number of rotatable bonds is 6. The van der Waals surface area contributed by atoms with Crippen molar-refractivity contribution in [1.82, 2.24) is 4.98 Å². The van der Waals surface area contributed by atoms with Gasteiger partial charge in [0, 0.05) is 11.8 Å². The first kappa shape index (κ1) is 17.5. The maximum Gasteiger partial charge on any atom is 0.341 e. The number of aromatic nitrogens is 1. The zero-order chi connectivity index (χ0) is 16.8. The number of pyridine rings is 1. The molecule has 0 unspecified atom stereocenters. The van der Waals surface area contributed by atoms with Gasteiger partial charge < -0.3 is 9.47 Å². The van der Waals surface area contributed by atoms with Gasteiger partial charge in [0.15, 0.2) is 12.4 Å². The van der Waals surface area contributed by atoms with Crippen LogP contribution < -0.4 is 4.74 Å². The average Bonchev–Trinajstić information content (AvgIpc) is 2.59. The van der Waals surface area contributed by atoms with E-state index in [9.17, 15) is 9.59 Å². The number of Topliss-reactive ketones (excluding diaryl/α,β-unsaturated/α-hetero) is 1. The molecule has 0 aliphatic rings. The number of ether oxygens (including phenoxy) is 2. The summed E-state index contributed by atoms with van der Waals surface area (Å²) in [5.74, 6) is -0.238. The van der Waals surface area contributed by atoms with Crippen LogP contribution in [0.2, 0.25) is 0 Å². The number of halogens is 1. The van der Waals surface area contributed by atoms with Crippen molar-refractivity contribution in [3.8, 4) is 5.75 Å². The minimum Gasteiger partial charge on any atom is -0.496 e. The quantitative estimate of drug-likeness (QED) is 0.422. The van der Waals surface area contributed by atoms with Gasteiger partial charge in [0.25, 0.3) is 0 Å². The van der Waals surface area contributed by atoms with Crippen LogP contribution in [0.5, 0.6) is 5.75 Å². The zero-order valence-electron chi connectivity index (χ0n) is 12.5. The van der Waals surface area contributed by atoms with Gasteiger partial charge in [-0.1, -0.05) is 0 Å². The molecular weight excluding hydrogens is 382 g/mol. The summed E-state index contributed by atoms with van der Waals surface area (Å²) < 4.78 is 10.9. The molecule has 7 heteroatoms. The summed E-state index contributed by atoms with van der Waals surface area (Å²) in [6.45, 7) is -0.333. The fourth-order valence-electron chi connectivity index (χ4n) is 1.84. The highest BCUT2D eigenvalue weighted by Gasteiger charge is 2.16. The van der Waals surface area contributed by atoms with Crippen LogP contribution in [-0.4, -0.2) is 36.7 Å². The van der Waals surface area contributed by atoms with E-state index in [-0.39, 0.29) is 12.4 Å². The Kier molecular flexibility index (Phi) is 6.18. The maximum atomic E-state index is 12.1. The maximum absolute atomic E-state index is 12.1. The van der Waals surface area contributed by atoms with Gasteiger partial charge in [0.1, 0.15) is 10.8 Å². The molecule has 1 heterocycles. The lowest BCUT2D eigenvalue weighted by molar-refractivity contribution is 0.0470. The highest BCUT2D eigenvalue weighted by molar-refractivity contribution is 9.10. The van der Waals surface area contributed by atoms with Crippen LogP contribution in [-0.2, 0) is 4.74 Å².